The second-order valence-corrected chi connectivity index (χ2v) is 9.37. The summed E-state index contributed by atoms with van der Waals surface area (Å²) >= 11 is 0. The summed E-state index contributed by atoms with van der Waals surface area (Å²) in [6, 6.07) is 6.07. The topological polar surface area (TPSA) is 197 Å². The Labute approximate surface area is 217 Å². The molecule has 1 aromatic carbocycles. The third kappa shape index (κ3) is 6.84. The molecule has 0 saturated carbocycles. The van der Waals surface area contributed by atoms with E-state index < -0.39 is 55.5 Å². The second-order valence-electron chi connectivity index (χ2n) is 8.51. The van der Waals surface area contributed by atoms with Crippen molar-refractivity contribution < 1.29 is 38.6 Å². The molecule has 1 unspecified atom stereocenters. The fraction of sp³-hybridized carbons (Fsp3) is 0.435. The first-order valence-corrected chi connectivity index (χ1v) is 12.5. The SMILES string of the molecule is C#C[C@@]1(O)[C@H](O)[C@@H](COc2ccc(O/[P+]([O-])=N/N[C@@H](C)C(=O)OC(C)C)cc2)O[C@H]1n1ccc(=O)[nH]c1=O. The van der Waals surface area contributed by atoms with Crippen molar-refractivity contribution in [2.45, 2.75) is 57.0 Å². The number of ether oxygens (including phenoxy) is 3. The molecular formula is C23H27N4O10P. The van der Waals surface area contributed by atoms with E-state index in [1.807, 2.05) is 4.98 Å². The number of hydrogen-bond donors (Lipinski definition) is 4. The highest BCUT2D eigenvalue weighted by Crippen LogP contribution is 2.37. The first-order valence-electron chi connectivity index (χ1n) is 11.3. The third-order valence-corrected chi connectivity index (χ3v) is 5.92. The van der Waals surface area contributed by atoms with Gasteiger partial charge in [0, 0.05) is 17.1 Å². The van der Waals surface area contributed by atoms with E-state index in [0.717, 1.165) is 16.8 Å². The van der Waals surface area contributed by atoms with Crippen LogP contribution in [0.5, 0.6) is 11.5 Å². The molecular weight excluding hydrogens is 523 g/mol. The summed E-state index contributed by atoms with van der Waals surface area (Å²) in [6.45, 7) is 4.64. The van der Waals surface area contributed by atoms with Gasteiger partial charge in [0.15, 0.2) is 17.6 Å². The largest absolute Gasteiger partial charge is 0.574 e. The number of nitrogens with zero attached hydrogens (tertiary/aromatic N) is 2. The molecule has 1 aliphatic rings. The summed E-state index contributed by atoms with van der Waals surface area (Å²) in [4.78, 5) is 52.9. The fourth-order valence-corrected chi connectivity index (χ4v) is 3.97. The number of aromatic nitrogens is 2. The predicted octanol–water partition coefficient (Wildman–Crippen LogP) is -0.682. The highest BCUT2D eigenvalue weighted by molar-refractivity contribution is 7.33. The Morgan fingerprint density at radius 1 is 1.32 bits per heavy atom. The maximum Gasteiger partial charge on any atom is 0.412 e. The van der Waals surface area contributed by atoms with Gasteiger partial charge in [-0.05, 0) is 45.0 Å². The lowest BCUT2D eigenvalue weighted by Crippen LogP contribution is -2.48. The zero-order chi connectivity index (χ0) is 28.0. The number of H-pyrrole nitrogens is 1. The van der Waals surface area contributed by atoms with Crippen molar-refractivity contribution in [2.24, 2.45) is 4.85 Å². The quantitative estimate of drug-likeness (QED) is 0.127. The molecule has 0 radical (unpaired) electrons. The van der Waals surface area contributed by atoms with Crippen LogP contribution in [-0.4, -0.2) is 62.3 Å². The number of aliphatic hydroxyl groups is 2. The van der Waals surface area contributed by atoms with Crippen molar-refractivity contribution in [1.82, 2.24) is 15.0 Å². The molecule has 0 bridgehead atoms. The van der Waals surface area contributed by atoms with Gasteiger partial charge in [0.05, 0.1) is 6.10 Å². The van der Waals surface area contributed by atoms with Crippen molar-refractivity contribution in [3.05, 3.63) is 57.4 Å². The number of hydrogen-bond acceptors (Lipinski definition) is 11. The average Bonchev–Trinajstić information content (AvgIpc) is 3.12. The number of nitrogens with one attached hydrogen (secondary N) is 2. The number of benzene rings is 1. The second kappa shape index (κ2) is 12.3. The van der Waals surface area contributed by atoms with E-state index >= 15 is 0 Å². The van der Waals surface area contributed by atoms with Gasteiger partial charge in [-0.25, -0.2) is 4.79 Å². The number of carbonyl (C=O) groups is 1. The van der Waals surface area contributed by atoms with E-state index in [1.165, 1.54) is 31.2 Å². The highest BCUT2D eigenvalue weighted by atomic mass is 31.1. The number of aromatic amines is 1. The van der Waals surface area contributed by atoms with Gasteiger partial charge in [0.1, 0.15) is 30.6 Å². The fourth-order valence-electron chi connectivity index (χ4n) is 3.36. The summed E-state index contributed by atoms with van der Waals surface area (Å²) in [6.07, 6.45) is 1.96. The van der Waals surface area contributed by atoms with E-state index in [1.54, 1.807) is 13.8 Å². The molecule has 38 heavy (non-hydrogen) atoms. The normalized spacial score (nSPS) is 24.1. The molecule has 204 valence electrons. The molecule has 2 heterocycles. The van der Waals surface area contributed by atoms with Gasteiger partial charge >= 0.3 is 19.8 Å². The van der Waals surface area contributed by atoms with E-state index in [2.05, 4.69) is 16.2 Å². The molecule has 0 aliphatic carbocycles. The summed E-state index contributed by atoms with van der Waals surface area (Å²) in [7, 11) is -2.54. The number of aliphatic hydroxyl groups excluding tert-OH is 1. The smallest absolute Gasteiger partial charge is 0.412 e. The summed E-state index contributed by atoms with van der Waals surface area (Å²) in [5.74, 6) is 2.00. The minimum atomic E-state index is -2.54. The Hall–Kier alpha value is -3.57. The lowest BCUT2D eigenvalue weighted by Gasteiger charge is -2.26. The Morgan fingerprint density at radius 3 is 2.58 bits per heavy atom. The Bertz CT molecular complexity index is 1320. The van der Waals surface area contributed by atoms with Crippen LogP contribution in [0, 0.1) is 12.3 Å². The van der Waals surface area contributed by atoms with Crippen LogP contribution in [0.1, 0.15) is 27.0 Å². The first kappa shape index (κ1) is 29.0. The van der Waals surface area contributed by atoms with Crippen LogP contribution in [0.2, 0.25) is 0 Å². The van der Waals surface area contributed by atoms with Crippen molar-refractivity contribution >= 4 is 14.1 Å². The van der Waals surface area contributed by atoms with Crippen LogP contribution in [0.3, 0.4) is 0 Å². The number of esters is 1. The molecule has 1 fully saturated rings. The van der Waals surface area contributed by atoms with Crippen LogP contribution in [0.4, 0.5) is 0 Å². The highest BCUT2D eigenvalue weighted by Gasteiger charge is 2.56. The maximum atomic E-state index is 12.1. The van der Waals surface area contributed by atoms with E-state index in [9.17, 15) is 29.5 Å². The van der Waals surface area contributed by atoms with Crippen molar-refractivity contribution in [2.75, 3.05) is 6.61 Å². The Balaban J connectivity index is 1.59. The van der Waals surface area contributed by atoms with Gasteiger partial charge in [-0.3, -0.25) is 23.7 Å². The Kier molecular flexibility index (Phi) is 9.40. The van der Waals surface area contributed by atoms with Crippen molar-refractivity contribution in [3.8, 4) is 23.8 Å². The van der Waals surface area contributed by atoms with E-state index in [0.29, 0.717) is 5.75 Å². The molecule has 14 nitrogen and oxygen atoms in total. The summed E-state index contributed by atoms with van der Waals surface area (Å²) in [5, 5.41) is 21.4. The zero-order valence-electron chi connectivity index (χ0n) is 20.6. The zero-order valence-corrected chi connectivity index (χ0v) is 21.5. The molecule has 1 aromatic heterocycles. The van der Waals surface area contributed by atoms with Gasteiger partial charge < -0.3 is 29.3 Å². The molecule has 6 atom stereocenters. The van der Waals surface area contributed by atoms with Crippen LogP contribution in [0.15, 0.2) is 51.0 Å². The summed E-state index contributed by atoms with van der Waals surface area (Å²) in [5.41, 5.74) is -1.40. The lowest BCUT2D eigenvalue weighted by molar-refractivity contribution is -0.169. The standard InChI is InChI=1S/C23H27N4O10P/c1-5-23(32)19(29)17(36-21(23)27-11-10-18(28)24-22(27)31)12-34-15-6-8-16(9-7-15)37-38(33)26-25-14(4)20(30)35-13(2)3/h1,6-11,13-14,17,19,21,25,29,32H,12H2,2-4H3,(H,24,28,31)/t14-,17+,19+,21+,23+/m0/s1. The molecule has 0 amide bonds. The van der Waals surface area contributed by atoms with Crippen LogP contribution < -0.4 is 30.8 Å². The Morgan fingerprint density at radius 2 is 1.97 bits per heavy atom. The lowest BCUT2D eigenvalue weighted by atomic mass is 9.95. The van der Waals surface area contributed by atoms with Gasteiger partial charge in [0.25, 0.3) is 5.56 Å². The van der Waals surface area contributed by atoms with E-state index in [4.69, 9.17) is 25.2 Å². The van der Waals surface area contributed by atoms with E-state index in [-0.39, 0.29) is 18.5 Å². The van der Waals surface area contributed by atoms with Gasteiger partial charge in [-0.15, -0.1) is 6.42 Å². The van der Waals surface area contributed by atoms with Crippen LogP contribution >= 0.6 is 8.17 Å². The van der Waals surface area contributed by atoms with Crippen molar-refractivity contribution in [1.29, 1.82) is 0 Å². The minimum absolute atomic E-state index is 0.192. The molecule has 1 saturated heterocycles. The van der Waals surface area contributed by atoms with Gasteiger partial charge in [-0.2, -0.15) is 5.43 Å². The maximum absolute atomic E-state index is 12.1. The third-order valence-electron chi connectivity index (χ3n) is 5.28. The number of rotatable bonds is 10. The predicted molar refractivity (Wildman–Crippen MR) is 131 cm³/mol. The molecule has 0 spiro atoms. The average molecular weight is 550 g/mol. The molecule has 4 N–H and O–H groups in total. The molecule has 15 heteroatoms. The molecule has 3 rings (SSSR count). The first-order chi connectivity index (χ1) is 17.9. The number of terminal acetylenes is 1. The number of carbonyl (C=O) groups excluding carboxylic acids is 1. The summed E-state index contributed by atoms with van der Waals surface area (Å²) < 4.78 is 22.3. The minimum Gasteiger partial charge on any atom is -0.574 e. The molecule has 1 aliphatic heterocycles. The van der Waals surface area contributed by atoms with Gasteiger partial charge in [-0.1, -0.05) is 5.92 Å². The van der Waals surface area contributed by atoms with Crippen molar-refractivity contribution in [3.63, 3.8) is 0 Å². The van der Waals surface area contributed by atoms with Gasteiger partial charge in [0.2, 0.25) is 0 Å². The van der Waals surface area contributed by atoms with Crippen LogP contribution in [-0.2, 0) is 14.3 Å². The molecule has 2 aromatic rings. The van der Waals surface area contributed by atoms with Crippen LogP contribution in [0.25, 0.3) is 0 Å². The monoisotopic (exact) mass is 550 g/mol.